The second-order valence-corrected chi connectivity index (χ2v) is 4.94. The zero-order chi connectivity index (χ0) is 14.3. The van der Waals surface area contributed by atoms with Crippen LogP contribution in [0.1, 0.15) is 44.6 Å². The fourth-order valence-corrected chi connectivity index (χ4v) is 2.03. The smallest absolute Gasteiger partial charge is 0.384 e. The summed E-state index contributed by atoms with van der Waals surface area (Å²) in [5.41, 5.74) is -0.156. The quantitative estimate of drug-likeness (QED) is 0.632. The third kappa shape index (κ3) is 5.72. The van der Waals surface area contributed by atoms with Gasteiger partial charge in [0.05, 0.1) is 16.3 Å². The zero-order valence-corrected chi connectivity index (χ0v) is 11.7. The molecule has 0 saturated carbocycles. The van der Waals surface area contributed by atoms with Crippen LogP contribution in [-0.2, 0) is 6.18 Å². The van der Waals surface area contributed by atoms with Gasteiger partial charge in [0, 0.05) is 6.54 Å². The van der Waals surface area contributed by atoms with E-state index in [1.54, 1.807) is 0 Å². The van der Waals surface area contributed by atoms with Crippen molar-refractivity contribution in [2.45, 2.75) is 45.2 Å². The van der Waals surface area contributed by atoms with E-state index >= 15 is 0 Å². The van der Waals surface area contributed by atoms with E-state index in [1.165, 1.54) is 25.3 Å². The van der Waals surface area contributed by atoms with Gasteiger partial charge in [0.2, 0.25) is 0 Å². The van der Waals surface area contributed by atoms with E-state index < -0.39 is 11.7 Å². The Hall–Kier alpha value is -0.900. The summed E-state index contributed by atoms with van der Waals surface area (Å²) in [6, 6.07) is 3.39. The lowest BCUT2D eigenvalue weighted by molar-refractivity contribution is -0.137. The Morgan fingerprint density at radius 3 is 2.37 bits per heavy atom. The maximum Gasteiger partial charge on any atom is 0.416 e. The molecule has 0 radical (unpaired) electrons. The molecule has 19 heavy (non-hydrogen) atoms. The van der Waals surface area contributed by atoms with Crippen molar-refractivity contribution < 1.29 is 13.2 Å². The Kier molecular flexibility index (Phi) is 6.49. The number of hydrogen-bond acceptors (Lipinski definition) is 1. The molecule has 1 N–H and O–H groups in total. The van der Waals surface area contributed by atoms with Crippen molar-refractivity contribution >= 4 is 17.3 Å². The molecule has 108 valence electrons. The highest BCUT2D eigenvalue weighted by Gasteiger charge is 2.30. The van der Waals surface area contributed by atoms with Crippen LogP contribution in [0.25, 0.3) is 0 Å². The van der Waals surface area contributed by atoms with Gasteiger partial charge in [0.1, 0.15) is 0 Å². The van der Waals surface area contributed by atoms with Crippen molar-refractivity contribution in [2.75, 3.05) is 11.9 Å². The summed E-state index contributed by atoms with van der Waals surface area (Å²) < 4.78 is 37.3. The van der Waals surface area contributed by atoms with Crippen LogP contribution < -0.4 is 5.32 Å². The molecule has 0 heterocycles. The SMILES string of the molecule is CCCCCCCNc1ccc(C(F)(F)F)cc1Cl. The van der Waals surface area contributed by atoms with Gasteiger partial charge in [-0.05, 0) is 24.6 Å². The van der Waals surface area contributed by atoms with E-state index in [0.717, 1.165) is 31.5 Å². The molecule has 1 nitrogen and oxygen atoms in total. The molecule has 0 amide bonds. The van der Waals surface area contributed by atoms with Gasteiger partial charge in [0.25, 0.3) is 0 Å². The van der Waals surface area contributed by atoms with Crippen molar-refractivity contribution in [1.29, 1.82) is 0 Å². The molecule has 1 aromatic rings. The average Bonchev–Trinajstić information content (AvgIpc) is 2.34. The van der Waals surface area contributed by atoms with E-state index in [1.807, 2.05) is 0 Å². The molecule has 0 aliphatic carbocycles. The molecule has 0 bridgehead atoms. The average molecular weight is 294 g/mol. The summed E-state index contributed by atoms with van der Waals surface area (Å²) in [5, 5.41) is 3.18. The van der Waals surface area contributed by atoms with Gasteiger partial charge < -0.3 is 5.32 Å². The molecule has 0 spiro atoms. The maximum absolute atomic E-state index is 12.4. The summed E-state index contributed by atoms with van der Waals surface area (Å²) in [5.74, 6) is 0. The number of hydrogen-bond donors (Lipinski definition) is 1. The minimum absolute atomic E-state index is 0.114. The zero-order valence-electron chi connectivity index (χ0n) is 11.0. The molecular formula is C14H19ClF3N. The number of anilines is 1. The second-order valence-electron chi connectivity index (χ2n) is 4.53. The van der Waals surface area contributed by atoms with Gasteiger partial charge in [-0.25, -0.2) is 0 Å². The van der Waals surface area contributed by atoms with Crippen molar-refractivity contribution in [3.05, 3.63) is 28.8 Å². The Balaban J connectivity index is 2.43. The van der Waals surface area contributed by atoms with Gasteiger partial charge in [-0.1, -0.05) is 44.2 Å². The molecule has 0 aromatic heterocycles. The number of halogens is 4. The lowest BCUT2D eigenvalue weighted by Gasteiger charge is -2.11. The van der Waals surface area contributed by atoms with Crippen molar-refractivity contribution in [3.63, 3.8) is 0 Å². The Bertz CT molecular complexity index is 391. The van der Waals surface area contributed by atoms with Crippen molar-refractivity contribution in [3.8, 4) is 0 Å². The highest BCUT2D eigenvalue weighted by atomic mass is 35.5. The predicted molar refractivity (Wildman–Crippen MR) is 73.7 cm³/mol. The first-order valence-corrected chi connectivity index (χ1v) is 6.93. The molecular weight excluding hydrogens is 275 g/mol. The summed E-state index contributed by atoms with van der Waals surface area (Å²) in [6.45, 7) is 2.88. The van der Waals surface area contributed by atoms with Crippen LogP contribution in [0.3, 0.4) is 0 Å². The third-order valence-corrected chi connectivity index (χ3v) is 3.20. The minimum Gasteiger partial charge on any atom is -0.384 e. The number of unbranched alkanes of at least 4 members (excludes halogenated alkanes) is 4. The largest absolute Gasteiger partial charge is 0.416 e. The van der Waals surface area contributed by atoms with Crippen LogP contribution >= 0.6 is 11.6 Å². The van der Waals surface area contributed by atoms with Crippen LogP contribution in [0.4, 0.5) is 18.9 Å². The Morgan fingerprint density at radius 2 is 1.79 bits per heavy atom. The van der Waals surface area contributed by atoms with E-state index in [-0.39, 0.29) is 5.02 Å². The lowest BCUT2D eigenvalue weighted by Crippen LogP contribution is -2.06. The molecule has 0 aliphatic rings. The standard InChI is InChI=1S/C14H19ClF3N/c1-2-3-4-5-6-9-19-13-8-7-11(10-12(13)15)14(16,17)18/h7-8,10,19H,2-6,9H2,1H3. The van der Waals surface area contributed by atoms with Crippen LogP contribution in [0.2, 0.25) is 5.02 Å². The Morgan fingerprint density at radius 1 is 1.11 bits per heavy atom. The molecule has 1 aromatic carbocycles. The van der Waals surface area contributed by atoms with Gasteiger partial charge in [-0.3, -0.25) is 0 Å². The maximum atomic E-state index is 12.4. The fraction of sp³-hybridized carbons (Fsp3) is 0.571. The topological polar surface area (TPSA) is 12.0 Å². The number of benzene rings is 1. The Labute approximate surface area is 117 Å². The molecule has 0 aliphatic heterocycles. The van der Waals surface area contributed by atoms with Crippen molar-refractivity contribution in [2.24, 2.45) is 0 Å². The number of rotatable bonds is 7. The van der Waals surface area contributed by atoms with E-state index in [9.17, 15) is 13.2 Å². The summed E-state index contributed by atoms with van der Waals surface area (Å²) in [4.78, 5) is 0. The molecule has 1 rings (SSSR count). The number of alkyl halides is 3. The van der Waals surface area contributed by atoms with Gasteiger partial charge in [0.15, 0.2) is 0 Å². The first-order valence-electron chi connectivity index (χ1n) is 6.55. The summed E-state index contributed by atoms with van der Waals surface area (Å²) >= 11 is 5.84. The monoisotopic (exact) mass is 293 g/mol. The van der Waals surface area contributed by atoms with Crippen LogP contribution in [0.5, 0.6) is 0 Å². The summed E-state index contributed by atoms with van der Waals surface area (Å²) in [7, 11) is 0. The first kappa shape index (κ1) is 16.2. The molecule has 5 heteroatoms. The lowest BCUT2D eigenvalue weighted by atomic mass is 10.1. The van der Waals surface area contributed by atoms with Crippen LogP contribution in [0, 0.1) is 0 Å². The molecule has 0 atom stereocenters. The fourth-order valence-electron chi connectivity index (χ4n) is 1.79. The summed E-state index contributed by atoms with van der Waals surface area (Å²) in [6.07, 6.45) is 1.39. The highest BCUT2D eigenvalue weighted by Crippen LogP contribution is 2.33. The first-order chi connectivity index (χ1) is 8.95. The van der Waals surface area contributed by atoms with E-state index in [4.69, 9.17) is 11.6 Å². The van der Waals surface area contributed by atoms with Crippen LogP contribution in [-0.4, -0.2) is 6.54 Å². The molecule has 0 saturated heterocycles. The molecule has 0 fully saturated rings. The van der Waals surface area contributed by atoms with Gasteiger partial charge in [-0.15, -0.1) is 0 Å². The second kappa shape index (κ2) is 7.63. The number of nitrogens with one attached hydrogen (secondary N) is 1. The normalized spacial score (nSPS) is 11.6. The van der Waals surface area contributed by atoms with E-state index in [2.05, 4.69) is 12.2 Å². The van der Waals surface area contributed by atoms with Gasteiger partial charge in [-0.2, -0.15) is 13.2 Å². The van der Waals surface area contributed by atoms with Crippen LogP contribution in [0.15, 0.2) is 18.2 Å². The predicted octanol–water partition coefficient (Wildman–Crippen LogP) is 5.74. The highest BCUT2D eigenvalue weighted by molar-refractivity contribution is 6.33. The third-order valence-electron chi connectivity index (χ3n) is 2.89. The molecule has 0 unspecified atom stereocenters. The van der Waals surface area contributed by atoms with E-state index in [0.29, 0.717) is 5.69 Å². The van der Waals surface area contributed by atoms with Gasteiger partial charge >= 0.3 is 6.18 Å². The van der Waals surface area contributed by atoms with Crippen molar-refractivity contribution in [1.82, 2.24) is 0 Å². The minimum atomic E-state index is -4.34.